The minimum atomic E-state index is -3.45. The van der Waals surface area contributed by atoms with Crippen molar-refractivity contribution in [3.8, 4) is 0 Å². The van der Waals surface area contributed by atoms with Crippen LogP contribution < -0.4 is 5.32 Å². The lowest BCUT2D eigenvalue weighted by Gasteiger charge is -2.33. The summed E-state index contributed by atoms with van der Waals surface area (Å²) in [5.41, 5.74) is 0. The van der Waals surface area contributed by atoms with Gasteiger partial charge in [-0.15, -0.1) is 0 Å². The maximum absolute atomic E-state index is 12.2. The summed E-state index contributed by atoms with van der Waals surface area (Å²) in [6, 6.07) is 0. The van der Waals surface area contributed by atoms with Crippen molar-refractivity contribution in [2.45, 2.75) is 32.5 Å². The van der Waals surface area contributed by atoms with Crippen LogP contribution in [0, 0.1) is 11.8 Å². The summed E-state index contributed by atoms with van der Waals surface area (Å²) in [6.45, 7) is 5.28. The normalized spacial score (nSPS) is 30.1. The highest BCUT2D eigenvalue weighted by Crippen LogP contribution is 2.33. The second-order valence-electron chi connectivity index (χ2n) is 6.38. The number of nitrogens with zero attached hydrogens (tertiary/aromatic N) is 2. The van der Waals surface area contributed by atoms with Crippen LogP contribution in [0.1, 0.15) is 20.3 Å². The fourth-order valence-corrected chi connectivity index (χ4v) is 3.91. The van der Waals surface area contributed by atoms with Gasteiger partial charge >= 0.3 is 0 Å². The van der Waals surface area contributed by atoms with E-state index in [1.54, 1.807) is 0 Å². The van der Waals surface area contributed by atoms with Gasteiger partial charge in [0.15, 0.2) is 0 Å². The Hall–Kier alpha value is -0.700. The second kappa shape index (κ2) is 6.20. The summed E-state index contributed by atoms with van der Waals surface area (Å²) in [6.07, 6.45) is 0.0625. The largest absolute Gasteiger partial charge is 0.371 e. The first kappa shape index (κ1) is 16.7. The number of carbonyl (C=O) groups is 1. The van der Waals surface area contributed by atoms with Gasteiger partial charge in [0.25, 0.3) is 10.2 Å². The number of amides is 1. The standard InChI is InChI=1S/C13H25N3O4S/c1-9(2)6-14-13(17)11-5-10-7-16(8-12(11)20-10)21(18,19)15(3)4/h9-12H,5-8H2,1-4H3,(H,14,17)/t10-,11+,12-/m0/s1. The highest BCUT2D eigenvalue weighted by molar-refractivity contribution is 7.86. The highest BCUT2D eigenvalue weighted by atomic mass is 32.2. The van der Waals surface area contributed by atoms with Crippen LogP contribution in [0.4, 0.5) is 0 Å². The predicted octanol–water partition coefficient (Wildman–Crippen LogP) is -0.346. The first-order chi connectivity index (χ1) is 9.71. The van der Waals surface area contributed by atoms with E-state index in [9.17, 15) is 13.2 Å². The number of ether oxygens (including phenoxy) is 1. The van der Waals surface area contributed by atoms with Crippen LogP contribution in [0.3, 0.4) is 0 Å². The molecule has 2 aliphatic rings. The van der Waals surface area contributed by atoms with E-state index in [2.05, 4.69) is 5.32 Å². The Bertz CT molecular complexity index is 492. The maximum atomic E-state index is 12.2. The third-order valence-electron chi connectivity index (χ3n) is 3.93. The van der Waals surface area contributed by atoms with E-state index >= 15 is 0 Å². The van der Waals surface area contributed by atoms with Gasteiger partial charge in [-0.1, -0.05) is 13.8 Å². The van der Waals surface area contributed by atoms with E-state index in [0.29, 0.717) is 25.4 Å². The van der Waals surface area contributed by atoms with Crippen molar-refractivity contribution in [1.29, 1.82) is 0 Å². The zero-order valence-electron chi connectivity index (χ0n) is 13.1. The lowest BCUT2D eigenvalue weighted by Crippen LogP contribution is -2.51. The molecule has 2 fully saturated rings. The van der Waals surface area contributed by atoms with Crippen molar-refractivity contribution >= 4 is 16.1 Å². The average molecular weight is 319 g/mol. The van der Waals surface area contributed by atoms with Gasteiger partial charge < -0.3 is 10.1 Å². The van der Waals surface area contributed by atoms with Gasteiger partial charge in [-0.3, -0.25) is 4.79 Å². The molecule has 122 valence electrons. The van der Waals surface area contributed by atoms with E-state index in [0.717, 1.165) is 0 Å². The Morgan fingerprint density at radius 3 is 2.62 bits per heavy atom. The fourth-order valence-electron chi connectivity index (χ4n) is 2.75. The molecule has 2 aliphatic heterocycles. The molecular weight excluding hydrogens is 294 g/mol. The van der Waals surface area contributed by atoms with Crippen LogP contribution in [-0.2, 0) is 19.7 Å². The summed E-state index contributed by atoms with van der Waals surface area (Å²) in [4.78, 5) is 12.2. The predicted molar refractivity (Wildman–Crippen MR) is 78.8 cm³/mol. The van der Waals surface area contributed by atoms with Crippen molar-refractivity contribution in [1.82, 2.24) is 13.9 Å². The monoisotopic (exact) mass is 319 g/mol. The Morgan fingerprint density at radius 2 is 2.05 bits per heavy atom. The molecule has 0 aromatic carbocycles. The number of morpholine rings is 1. The Labute approximate surface area is 126 Å². The Balaban J connectivity index is 2.02. The van der Waals surface area contributed by atoms with E-state index in [-0.39, 0.29) is 30.6 Å². The molecule has 0 aliphatic carbocycles. The van der Waals surface area contributed by atoms with Crippen LogP contribution in [0.25, 0.3) is 0 Å². The molecule has 3 atom stereocenters. The van der Waals surface area contributed by atoms with Gasteiger partial charge in [0.05, 0.1) is 18.1 Å². The van der Waals surface area contributed by atoms with Crippen LogP contribution in [0.2, 0.25) is 0 Å². The van der Waals surface area contributed by atoms with E-state index in [4.69, 9.17) is 4.74 Å². The molecule has 0 aromatic rings. The SMILES string of the molecule is CC(C)CNC(=O)[C@@H]1C[C@H]2CN(S(=O)(=O)N(C)C)C[C@@H]1O2. The van der Waals surface area contributed by atoms with Gasteiger partial charge in [-0.05, 0) is 12.3 Å². The molecule has 2 rings (SSSR count). The van der Waals surface area contributed by atoms with Crippen molar-refractivity contribution in [3.05, 3.63) is 0 Å². The summed E-state index contributed by atoms with van der Waals surface area (Å²) >= 11 is 0. The molecule has 8 heteroatoms. The molecule has 0 spiro atoms. The minimum absolute atomic E-state index is 0.0275. The van der Waals surface area contributed by atoms with Gasteiger partial charge in [0.1, 0.15) is 0 Å². The summed E-state index contributed by atoms with van der Waals surface area (Å²) in [5.74, 6) is 0.109. The van der Waals surface area contributed by atoms with Gasteiger partial charge in [0.2, 0.25) is 5.91 Å². The van der Waals surface area contributed by atoms with Crippen molar-refractivity contribution in [2.75, 3.05) is 33.7 Å². The first-order valence-corrected chi connectivity index (χ1v) is 8.72. The quantitative estimate of drug-likeness (QED) is 0.751. The molecule has 21 heavy (non-hydrogen) atoms. The number of rotatable bonds is 5. The number of fused-ring (bicyclic) bond motifs is 2. The fraction of sp³-hybridized carbons (Fsp3) is 0.923. The zero-order valence-corrected chi connectivity index (χ0v) is 13.9. The molecule has 0 saturated carbocycles. The maximum Gasteiger partial charge on any atom is 0.281 e. The molecular formula is C13H25N3O4S. The van der Waals surface area contributed by atoms with E-state index < -0.39 is 10.2 Å². The van der Waals surface area contributed by atoms with Crippen molar-refractivity contribution < 1.29 is 17.9 Å². The van der Waals surface area contributed by atoms with E-state index in [1.807, 2.05) is 13.8 Å². The first-order valence-electron chi connectivity index (χ1n) is 7.32. The second-order valence-corrected chi connectivity index (χ2v) is 8.53. The third-order valence-corrected chi connectivity index (χ3v) is 5.81. The van der Waals surface area contributed by atoms with Crippen LogP contribution in [-0.4, -0.2) is 68.9 Å². The summed E-state index contributed by atoms with van der Waals surface area (Å²) in [7, 11) is -0.419. The van der Waals surface area contributed by atoms with Gasteiger partial charge in [-0.2, -0.15) is 17.0 Å². The number of nitrogens with one attached hydrogen (secondary N) is 1. The van der Waals surface area contributed by atoms with Gasteiger partial charge in [-0.25, -0.2) is 0 Å². The Morgan fingerprint density at radius 1 is 1.38 bits per heavy atom. The smallest absolute Gasteiger partial charge is 0.281 e. The minimum Gasteiger partial charge on any atom is -0.371 e. The molecule has 0 unspecified atom stereocenters. The molecule has 1 amide bonds. The Kier molecular flexibility index (Phi) is 4.92. The molecule has 0 aromatic heterocycles. The average Bonchev–Trinajstić information content (AvgIpc) is 2.70. The van der Waals surface area contributed by atoms with Crippen molar-refractivity contribution in [3.63, 3.8) is 0 Å². The van der Waals surface area contributed by atoms with Crippen LogP contribution in [0.5, 0.6) is 0 Å². The molecule has 1 N–H and O–H groups in total. The topological polar surface area (TPSA) is 79.0 Å². The van der Waals surface area contributed by atoms with Crippen LogP contribution >= 0.6 is 0 Å². The third kappa shape index (κ3) is 3.56. The number of hydrogen-bond donors (Lipinski definition) is 1. The summed E-state index contributed by atoms with van der Waals surface area (Å²) in [5, 5.41) is 2.92. The summed E-state index contributed by atoms with van der Waals surface area (Å²) < 4.78 is 32.8. The number of carbonyl (C=O) groups excluding carboxylic acids is 1. The lowest BCUT2D eigenvalue weighted by atomic mass is 9.99. The molecule has 2 heterocycles. The van der Waals surface area contributed by atoms with Crippen LogP contribution in [0.15, 0.2) is 0 Å². The zero-order chi connectivity index (χ0) is 15.8. The van der Waals surface area contributed by atoms with Crippen molar-refractivity contribution in [2.24, 2.45) is 11.8 Å². The molecule has 0 radical (unpaired) electrons. The molecule has 2 bridgehead atoms. The van der Waals surface area contributed by atoms with Gasteiger partial charge in [0, 0.05) is 33.7 Å². The van der Waals surface area contributed by atoms with E-state index in [1.165, 1.54) is 22.7 Å². The number of hydrogen-bond acceptors (Lipinski definition) is 4. The lowest BCUT2D eigenvalue weighted by molar-refractivity contribution is -0.127. The molecule has 2 saturated heterocycles. The highest BCUT2D eigenvalue weighted by Gasteiger charge is 2.47. The molecule has 7 nitrogen and oxygen atoms in total.